The number of carbonyl (C=O) groups is 1. The number of hydrogen-bond acceptors (Lipinski definition) is 3. The lowest BCUT2D eigenvalue weighted by molar-refractivity contribution is -0.117. The highest BCUT2D eigenvalue weighted by molar-refractivity contribution is 5.95. The number of halogens is 1. The minimum absolute atomic E-state index is 0.0533. The van der Waals surface area contributed by atoms with Gasteiger partial charge in [-0.3, -0.25) is 9.78 Å². The van der Waals surface area contributed by atoms with Crippen LogP contribution in [-0.4, -0.2) is 17.4 Å². The molecule has 22 heavy (non-hydrogen) atoms. The van der Waals surface area contributed by atoms with Crippen molar-refractivity contribution in [3.05, 3.63) is 54.1 Å². The van der Waals surface area contributed by atoms with Gasteiger partial charge in [-0.2, -0.15) is 0 Å². The first-order valence-corrected chi connectivity index (χ1v) is 7.41. The predicted molar refractivity (Wildman–Crippen MR) is 84.3 cm³/mol. The highest BCUT2D eigenvalue weighted by Crippen LogP contribution is 2.25. The molecule has 2 heterocycles. The number of carbonyl (C=O) groups excluding carboxylic acids is 1. The van der Waals surface area contributed by atoms with Crippen LogP contribution in [0.2, 0.25) is 0 Å². The van der Waals surface area contributed by atoms with Crippen LogP contribution in [-0.2, 0) is 4.79 Å². The molecule has 0 bridgehead atoms. The zero-order valence-electron chi connectivity index (χ0n) is 12.4. The lowest BCUT2D eigenvalue weighted by Crippen LogP contribution is -2.23. The normalized spacial score (nSPS) is 15.9. The van der Waals surface area contributed by atoms with E-state index in [0.29, 0.717) is 6.42 Å². The highest BCUT2D eigenvalue weighted by Gasteiger charge is 2.21. The van der Waals surface area contributed by atoms with Gasteiger partial charge in [0.1, 0.15) is 5.82 Å². The van der Waals surface area contributed by atoms with Crippen molar-refractivity contribution in [3.63, 3.8) is 0 Å². The van der Waals surface area contributed by atoms with Crippen molar-refractivity contribution in [2.24, 2.45) is 0 Å². The molecule has 0 spiro atoms. The van der Waals surface area contributed by atoms with E-state index in [2.05, 4.69) is 10.3 Å². The van der Waals surface area contributed by atoms with Gasteiger partial charge in [0.15, 0.2) is 0 Å². The Kier molecular flexibility index (Phi) is 4.04. The molecule has 1 aliphatic heterocycles. The zero-order chi connectivity index (χ0) is 15.5. The highest BCUT2D eigenvalue weighted by atomic mass is 19.1. The fourth-order valence-electron chi connectivity index (χ4n) is 2.66. The van der Waals surface area contributed by atoms with Crippen LogP contribution < -0.4 is 10.2 Å². The molecule has 1 saturated heterocycles. The van der Waals surface area contributed by atoms with E-state index in [1.54, 1.807) is 6.20 Å². The molecule has 1 N–H and O–H groups in total. The van der Waals surface area contributed by atoms with E-state index in [0.717, 1.165) is 29.9 Å². The smallest absolute Gasteiger partial charge is 0.227 e. The number of nitrogens with one attached hydrogen (secondary N) is 1. The Hall–Kier alpha value is -2.43. The van der Waals surface area contributed by atoms with Crippen LogP contribution in [0.3, 0.4) is 0 Å². The second-order valence-corrected chi connectivity index (χ2v) is 5.50. The van der Waals surface area contributed by atoms with Crippen LogP contribution in [0.25, 0.3) is 0 Å². The Morgan fingerprint density at radius 2 is 2.05 bits per heavy atom. The molecule has 0 saturated carbocycles. The fourth-order valence-corrected chi connectivity index (χ4v) is 2.66. The van der Waals surface area contributed by atoms with Gasteiger partial charge in [-0.15, -0.1) is 0 Å². The van der Waals surface area contributed by atoms with Crippen molar-refractivity contribution in [2.75, 3.05) is 16.8 Å². The van der Waals surface area contributed by atoms with Gasteiger partial charge in [0, 0.05) is 30.5 Å². The minimum atomic E-state index is -0.339. The molecule has 114 valence electrons. The van der Waals surface area contributed by atoms with Gasteiger partial charge in [-0.25, -0.2) is 4.39 Å². The third kappa shape index (κ3) is 3.08. The number of aromatic nitrogens is 1. The molecule has 3 rings (SSSR count). The van der Waals surface area contributed by atoms with Gasteiger partial charge in [-0.1, -0.05) is 0 Å². The molecule has 1 aromatic carbocycles. The summed E-state index contributed by atoms with van der Waals surface area (Å²) in [5.74, 6) is -0.158. The van der Waals surface area contributed by atoms with Crippen LogP contribution in [0.15, 0.2) is 42.7 Å². The van der Waals surface area contributed by atoms with Crippen molar-refractivity contribution in [1.29, 1.82) is 0 Å². The number of amides is 1. The van der Waals surface area contributed by atoms with Gasteiger partial charge in [0.2, 0.25) is 5.91 Å². The van der Waals surface area contributed by atoms with E-state index in [1.165, 1.54) is 12.3 Å². The molecule has 0 unspecified atom stereocenters. The summed E-state index contributed by atoms with van der Waals surface area (Å²) in [6, 6.07) is 9.16. The molecule has 0 radical (unpaired) electrons. The van der Waals surface area contributed by atoms with Gasteiger partial charge in [0.25, 0.3) is 0 Å². The minimum Gasteiger partial charge on any atom is -0.378 e. The van der Waals surface area contributed by atoms with Gasteiger partial charge in [-0.05, 0) is 49.2 Å². The van der Waals surface area contributed by atoms with Crippen LogP contribution in [0.1, 0.15) is 31.4 Å². The van der Waals surface area contributed by atoms with Crippen molar-refractivity contribution in [1.82, 2.24) is 4.98 Å². The zero-order valence-corrected chi connectivity index (χ0v) is 12.4. The largest absolute Gasteiger partial charge is 0.378 e. The van der Waals surface area contributed by atoms with E-state index in [9.17, 15) is 9.18 Å². The topological polar surface area (TPSA) is 45.2 Å². The van der Waals surface area contributed by atoms with Crippen LogP contribution in [0.4, 0.5) is 15.8 Å². The average molecular weight is 299 g/mol. The Bertz CT molecular complexity index is 672. The van der Waals surface area contributed by atoms with Gasteiger partial charge in [0.05, 0.1) is 12.2 Å². The second-order valence-electron chi connectivity index (χ2n) is 5.50. The van der Waals surface area contributed by atoms with Gasteiger partial charge >= 0.3 is 0 Å². The van der Waals surface area contributed by atoms with Crippen molar-refractivity contribution >= 4 is 17.3 Å². The summed E-state index contributed by atoms with van der Waals surface area (Å²) in [7, 11) is 0. The number of pyridine rings is 1. The third-order valence-corrected chi connectivity index (χ3v) is 3.86. The third-order valence-electron chi connectivity index (χ3n) is 3.86. The lowest BCUT2D eigenvalue weighted by Gasteiger charge is -2.18. The number of anilines is 2. The monoisotopic (exact) mass is 299 g/mol. The summed E-state index contributed by atoms with van der Waals surface area (Å²) in [6.45, 7) is 2.74. The van der Waals surface area contributed by atoms with E-state index in [-0.39, 0.29) is 17.8 Å². The summed E-state index contributed by atoms with van der Waals surface area (Å²) < 4.78 is 13.2. The predicted octanol–water partition coefficient (Wildman–Crippen LogP) is 3.52. The first kappa shape index (κ1) is 14.5. The maximum Gasteiger partial charge on any atom is 0.227 e. The van der Waals surface area contributed by atoms with E-state index in [4.69, 9.17) is 0 Å². The Morgan fingerprint density at radius 3 is 2.68 bits per heavy atom. The molecule has 1 aliphatic rings. The molecule has 1 aromatic heterocycles. The lowest BCUT2D eigenvalue weighted by atomic mass is 10.1. The van der Waals surface area contributed by atoms with Crippen molar-refractivity contribution in [2.45, 2.75) is 25.8 Å². The van der Waals surface area contributed by atoms with Gasteiger partial charge < -0.3 is 10.2 Å². The summed E-state index contributed by atoms with van der Waals surface area (Å²) in [5.41, 5.74) is 2.64. The standard InChI is InChI=1S/C17H18FN3O/c1-12(13-9-14(18)11-19-10-13)20-15-4-6-16(7-5-15)21-8-2-3-17(21)22/h4-7,9-12,20H,2-3,8H2,1H3/t12-/m0/s1. The molecule has 2 aromatic rings. The van der Waals surface area contributed by atoms with E-state index < -0.39 is 0 Å². The van der Waals surface area contributed by atoms with E-state index in [1.807, 2.05) is 36.1 Å². The summed E-state index contributed by atoms with van der Waals surface area (Å²) >= 11 is 0. The summed E-state index contributed by atoms with van der Waals surface area (Å²) in [4.78, 5) is 17.4. The summed E-state index contributed by atoms with van der Waals surface area (Å²) in [6.07, 6.45) is 4.39. The first-order chi connectivity index (χ1) is 10.6. The molecule has 1 fully saturated rings. The molecule has 0 aliphatic carbocycles. The Morgan fingerprint density at radius 1 is 1.27 bits per heavy atom. The van der Waals surface area contributed by atoms with E-state index >= 15 is 0 Å². The SMILES string of the molecule is C[C@H](Nc1ccc(N2CCCC2=O)cc1)c1cncc(F)c1. The first-order valence-electron chi connectivity index (χ1n) is 7.41. The number of hydrogen-bond donors (Lipinski definition) is 1. The second kappa shape index (κ2) is 6.13. The maximum absolute atomic E-state index is 13.2. The molecule has 1 atom stereocenters. The molecular formula is C17H18FN3O. The van der Waals surface area contributed by atoms with Crippen LogP contribution in [0, 0.1) is 5.82 Å². The maximum atomic E-state index is 13.2. The average Bonchev–Trinajstić information content (AvgIpc) is 2.94. The number of benzene rings is 1. The molecule has 1 amide bonds. The Labute approximate surface area is 129 Å². The molecular weight excluding hydrogens is 281 g/mol. The Balaban J connectivity index is 1.69. The molecule has 4 nitrogen and oxygen atoms in total. The number of nitrogens with zero attached hydrogens (tertiary/aromatic N) is 2. The fraction of sp³-hybridized carbons (Fsp3) is 0.294. The van der Waals surface area contributed by atoms with Crippen molar-refractivity contribution in [3.8, 4) is 0 Å². The van der Waals surface area contributed by atoms with Crippen LogP contribution >= 0.6 is 0 Å². The van der Waals surface area contributed by atoms with Crippen molar-refractivity contribution < 1.29 is 9.18 Å². The summed E-state index contributed by atoms with van der Waals surface area (Å²) in [5, 5.41) is 3.30. The molecule has 5 heteroatoms. The number of rotatable bonds is 4. The van der Waals surface area contributed by atoms with Crippen LogP contribution in [0.5, 0.6) is 0 Å². The quantitative estimate of drug-likeness (QED) is 0.939.